The molecule has 0 rings (SSSR count). The van der Waals surface area contributed by atoms with Crippen molar-refractivity contribution in [3.8, 4) is 0 Å². The van der Waals surface area contributed by atoms with Crippen LogP contribution in [0.5, 0.6) is 0 Å². The maximum atomic E-state index is 9.63. The molecule has 4 atom stereocenters. The fourth-order valence-corrected chi connectivity index (χ4v) is 2.70. The summed E-state index contributed by atoms with van der Waals surface area (Å²) in [6, 6.07) is 0. The Kier molecular flexibility index (Phi) is 13.0. The SMILES string of the molecule is CCC(C)(CCOCC(O)CCO)OCC(C)(CC)C(C)(N)OCCC(C)C. The van der Waals surface area contributed by atoms with E-state index in [1.807, 2.05) is 6.92 Å². The van der Waals surface area contributed by atoms with Crippen LogP contribution in [0.4, 0.5) is 0 Å². The van der Waals surface area contributed by atoms with Gasteiger partial charge in [0.15, 0.2) is 0 Å². The summed E-state index contributed by atoms with van der Waals surface area (Å²) in [6.07, 6.45) is 3.13. The van der Waals surface area contributed by atoms with Crippen molar-refractivity contribution in [3.05, 3.63) is 0 Å². The van der Waals surface area contributed by atoms with E-state index < -0.39 is 11.8 Å². The Labute approximate surface area is 173 Å². The second-order valence-electron chi connectivity index (χ2n) is 9.14. The molecule has 0 saturated carbocycles. The van der Waals surface area contributed by atoms with Gasteiger partial charge in [-0.15, -0.1) is 0 Å². The minimum atomic E-state index is -0.768. The van der Waals surface area contributed by atoms with Gasteiger partial charge in [-0.3, -0.25) is 0 Å². The molecule has 0 aliphatic carbocycles. The van der Waals surface area contributed by atoms with Gasteiger partial charge in [0.1, 0.15) is 5.72 Å². The van der Waals surface area contributed by atoms with Crippen molar-refractivity contribution in [3.63, 3.8) is 0 Å². The Morgan fingerprint density at radius 3 is 2.11 bits per heavy atom. The lowest BCUT2D eigenvalue weighted by Crippen LogP contribution is -2.56. The zero-order chi connectivity index (χ0) is 21.8. The molecule has 0 radical (unpaired) electrons. The Bertz CT molecular complexity index is 404. The lowest BCUT2D eigenvalue weighted by molar-refractivity contribution is -0.171. The lowest BCUT2D eigenvalue weighted by Gasteiger charge is -2.45. The monoisotopic (exact) mass is 405 g/mol. The highest BCUT2D eigenvalue weighted by atomic mass is 16.5. The summed E-state index contributed by atoms with van der Waals surface area (Å²) >= 11 is 0. The molecule has 6 heteroatoms. The molecule has 6 nitrogen and oxygen atoms in total. The molecule has 4 N–H and O–H groups in total. The quantitative estimate of drug-likeness (QED) is 0.253. The van der Waals surface area contributed by atoms with Gasteiger partial charge in [-0.1, -0.05) is 34.6 Å². The van der Waals surface area contributed by atoms with Crippen LogP contribution in [0.2, 0.25) is 0 Å². The van der Waals surface area contributed by atoms with Gasteiger partial charge in [0, 0.05) is 25.2 Å². The zero-order valence-corrected chi connectivity index (χ0v) is 19.4. The maximum Gasteiger partial charge on any atom is 0.121 e. The van der Waals surface area contributed by atoms with E-state index in [1.165, 1.54) is 0 Å². The molecule has 0 aliphatic rings. The molecule has 4 unspecified atom stereocenters. The van der Waals surface area contributed by atoms with Crippen LogP contribution in [0, 0.1) is 11.3 Å². The molecular weight excluding hydrogens is 358 g/mol. The summed E-state index contributed by atoms with van der Waals surface area (Å²) in [6.45, 7) is 16.6. The summed E-state index contributed by atoms with van der Waals surface area (Å²) in [5, 5.41) is 18.4. The number of hydrogen-bond donors (Lipinski definition) is 3. The first kappa shape index (κ1) is 27.8. The molecule has 28 heavy (non-hydrogen) atoms. The predicted octanol–water partition coefficient (Wildman–Crippen LogP) is 3.48. The van der Waals surface area contributed by atoms with E-state index in [1.54, 1.807) is 0 Å². The Balaban J connectivity index is 4.67. The van der Waals surface area contributed by atoms with Crippen LogP contribution in [0.1, 0.15) is 80.6 Å². The Hall–Kier alpha value is -0.240. The summed E-state index contributed by atoms with van der Waals surface area (Å²) in [4.78, 5) is 0. The van der Waals surface area contributed by atoms with Gasteiger partial charge in [0.05, 0.1) is 24.9 Å². The Morgan fingerprint density at radius 2 is 1.61 bits per heavy atom. The molecule has 170 valence electrons. The van der Waals surface area contributed by atoms with Crippen molar-refractivity contribution >= 4 is 0 Å². The number of aliphatic hydroxyl groups is 2. The summed E-state index contributed by atoms with van der Waals surface area (Å²) < 4.78 is 18.0. The standard InChI is InChI=1S/C22H47NO5/c1-8-20(5,22(7,23)27-14-11-18(3)4)17-28-21(6,9-2)12-15-26-16-19(25)10-13-24/h18-19,24-25H,8-17,23H2,1-7H3. The topological polar surface area (TPSA) is 94.2 Å². The molecular formula is C22H47NO5. The number of rotatable bonds is 17. The molecule has 0 aromatic carbocycles. The van der Waals surface area contributed by atoms with Gasteiger partial charge in [-0.25, -0.2) is 0 Å². The fraction of sp³-hybridized carbons (Fsp3) is 1.00. The summed E-state index contributed by atoms with van der Waals surface area (Å²) in [7, 11) is 0. The molecule has 0 bridgehead atoms. The average Bonchev–Trinajstić information content (AvgIpc) is 2.63. The van der Waals surface area contributed by atoms with Crippen LogP contribution in [-0.4, -0.2) is 60.7 Å². The number of hydrogen-bond acceptors (Lipinski definition) is 6. The van der Waals surface area contributed by atoms with Crippen LogP contribution in [0.3, 0.4) is 0 Å². The van der Waals surface area contributed by atoms with E-state index in [9.17, 15) is 5.11 Å². The molecule has 0 aromatic heterocycles. The van der Waals surface area contributed by atoms with E-state index in [-0.39, 0.29) is 24.2 Å². The maximum absolute atomic E-state index is 9.63. The van der Waals surface area contributed by atoms with Crippen LogP contribution in [0.25, 0.3) is 0 Å². The van der Waals surface area contributed by atoms with E-state index >= 15 is 0 Å². The van der Waals surface area contributed by atoms with Gasteiger partial charge < -0.3 is 30.2 Å². The Morgan fingerprint density at radius 1 is 0.964 bits per heavy atom. The van der Waals surface area contributed by atoms with Crippen molar-refractivity contribution < 1.29 is 24.4 Å². The van der Waals surface area contributed by atoms with Crippen molar-refractivity contribution in [1.29, 1.82) is 0 Å². The highest BCUT2D eigenvalue weighted by Crippen LogP contribution is 2.36. The van der Waals surface area contributed by atoms with E-state index in [2.05, 4.69) is 41.5 Å². The van der Waals surface area contributed by atoms with Crippen LogP contribution < -0.4 is 5.73 Å². The summed E-state index contributed by atoms with van der Waals surface area (Å²) in [5.41, 5.74) is 5.17. The zero-order valence-electron chi connectivity index (χ0n) is 19.4. The molecule has 0 heterocycles. The van der Waals surface area contributed by atoms with Crippen LogP contribution >= 0.6 is 0 Å². The van der Waals surface area contributed by atoms with E-state index in [0.717, 1.165) is 25.7 Å². The second-order valence-corrected chi connectivity index (χ2v) is 9.14. The third-order valence-corrected chi connectivity index (χ3v) is 6.11. The lowest BCUT2D eigenvalue weighted by atomic mass is 9.78. The predicted molar refractivity (Wildman–Crippen MR) is 114 cm³/mol. The van der Waals surface area contributed by atoms with Crippen LogP contribution in [0.15, 0.2) is 0 Å². The molecule has 0 amide bonds. The minimum Gasteiger partial charge on any atom is -0.396 e. The number of nitrogens with two attached hydrogens (primary N) is 1. The van der Waals surface area contributed by atoms with Crippen molar-refractivity contribution in [2.24, 2.45) is 17.1 Å². The smallest absolute Gasteiger partial charge is 0.121 e. The second kappa shape index (κ2) is 13.1. The molecule has 0 fully saturated rings. The first-order valence-electron chi connectivity index (χ1n) is 10.9. The first-order chi connectivity index (χ1) is 12.9. The minimum absolute atomic E-state index is 0.0347. The summed E-state index contributed by atoms with van der Waals surface area (Å²) in [5.74, 6) is 0.583. The van der Waals surface area contributed by atoms with Gasteiger partial charge in [-0.2, -0.15) is 0 Å². The molecule has 0 aliphatic heterocycles. The number of ether oxygens (including phenoxy) is 3. The van der Waals surface area contributed by atoms with Gasteiger partial charge >= 0.3 is 0 Å². The average molecular weight is 406 g/mol. The van der Waals surface area contributed by atoms with Gasteiger partial charge in [0.2, 0.25) is 0 Å². The highest BCUT2D eigenvalue weighted by molar-refractivity contribution is 4.90. The van der Waals surface area contributed by atoms with E-state index in [0.29, 0.717) is 32.2 Å². The molecule has 0 spiro atoms. The highest BCUT2D eigenvalue weighted by Gasteiger charge is 2.43. The normalized spacial score (nSPS) is 19.8. The van der Waals surface area contributed by atoms with E-state index in [4.69, 9.17) is 25.1 Å². The van der Waals surface area contributed by atoms with Crippen molar-refractivity contribution in [1.82, 2.24) is 0 Å². The molecule has 0 aromatic rings. The van der Waals surface area contributed by atoms with Crippen LogP contribution in [-0.2, 0) is 14.2 Å². The third kappa shape index (κ3) is 9.99. The third-order valence-electron chi connectivity index (χ3n) is 6.11. The van der Waals surface area contributed by atoms with Gasteiger partial charge in [-0.05, 0) is 51.9 Å². The largest absolute Gasteiger partial charge is 0.396 e. The fourth-order valence-electron chi connectivity index (χ4n) is 2.70. The van der Waals surface area contributed by atoms with Crippen molar-refractivity contribution in [2.45, 2.75) is 98.0 Å². The first-order valence-corrected chi connectivity index (χ1v) is 10.9. The van der Waals surface area contributed by atoms with Gasteiger partial charge in [0.25, 0.3) is 0 Å². The van der Waals surface area contributed by atoms with Crippen molar-refractivity contribution in [2.75, 3.05) is 33.0 Å². The molecule has 0 saturated heterocycles. The number of aliphatic hydroxyl groups excluding tert-OH is 2.